The van der Waals surface area contributed by atoms with E-state index in [1.807, 2.05) is 18.2 Å². The highest BCUT2D eigenvalue weighted by Crippen LogP contribution is 2.41. The van der Waals surface area contributed by atoms with E-state index in [2.05, 4.69) is 4.98 Å². The SMILES string of the molecule is N=C1S/C(=C\c2ccccc2OCc2ccc([N+](=O)[O-])cc2)C(=O)[C@@H]1c1nccs1. The standard InChI is InChI=1S/C21H15N3O4S2/c22-20-18(21-23-9-10-29-21)19(25)17(30-20)11-14-3-1-2-4-16(14)28-12-13-5-7-15(8-6-13)24(26)27/h1-11,18,22H,12H2/b17-11-,22-20?/t18-/m0/s1. The first-order valence-corrected chi connectivity index (χ1v) is 10.6. The maximum absolute atomic E-state index is 12.8. The number of thioether (sulfide) groups is 1. The number of hydrogen-bond acceptors (Lipinski definition) is 8. The number of nitro groups is 1. The molecule has 0 amide bonds. The van der Waals surface area contributed by atoms with E-state index < -0.39 is 10.8 Å². The number of para-hydroxylation sites is 1. The van der Waals surface area contributed by atoms with E-state index in [1.165, 1.54) is 23.5 Å². The van der Waals surface area contributed by atoms with Crippen LogP contribution in [0.25, 0.3) is 6.08 Å². The molecule has 1 aromatic heterocycles. The van der Waals surface area contributed by atoms with Crippen LogP contribution in [-0.2, 0) is 11.4 Å². The van der Waals surface area contributed by atoms with Crippen LogP contribution in [0.5, 0.6) is 5.75 Å². The Bertz CT molecular complexity index is 1140. The molecule has 0 bridgehead atoms. The van der Waals surface area contributed by atoms with Crippen LogP contribution in [0.15, 0.2) is 65.0 Å². The first-order chi connectivity index (χ1) is 14.5. The Morgan fingerprint density at radius 3 is 2.67 bits per heavy atom. The minimum Gasteiger partial charge on any atom is -0.488 e. The van der Waals surface area contributed by atoms with Crippen molar-refractivity contribution in [1.82, 2.24) is 4.98 Å². The summed E-state index contributed by atoms with van der Waals surface area (Å²) in [5, 5.41) is 21.7. The predicted octanol–water partition coefficient (Wildman–Crippen LogP) is 5.05. The molecular weight excluding hydrogens is 422 g/mol. The molecule has 1 aliphatic heterocycles. The quantitative estimate of drug-likeness (QED) is 0.329. The van der Waals surface area contributed by atoms with Crippen molar-refractivity contribution in [1.29, 1.82) is 5.41 Å². The van der Waals surface area contributed by atoms with Crippen LogP contribution in [0.4, 0.5) is 5.69 Å². The zero-order chi connectivity index (χ0) is 21.1. The van der Waals surface area contributed by atoms with Gasteiger partial charge in [-0.05, 0) is 29.8 Å². The zero-order valence-corrected chi connectivity index (χ0v) is 17.1. The van der Waals surface area contributed by atoms with Crippen LogP contribution in [-0.4, -0.2) is 20.7 Å². The molecule has 1 aliphatic rings. The normalized spacial score (nSPS) is 17.5. The molecule has 1 fully saturated rings. The number of allylic oxidation sites excluding steroid dienone is 1. The topological polar surface area (TPSA) is 106 Å². The highest BCUT2D eigenvalue weighted by molar-refractivity contribution is 8.19. The largest absolute Gasteiger partial charge is 0.488 e. The molecule has 1 N–H and O–H groups in total. The summed E-state index contributed by atoms with van der Waals surface area (Å²) in [5.41, 5.74) is 1.54. The van der Waals surface area contributed by atoms with Gasteiger partial charge < -0.3 is 4.74 Å². The third-order valence-electron chi connectivity index (χ3n) is 4.43. The molecule has 30 heavy (non-hydrogen) atoms. The molecule has 1 atom stereocenters. The molecule has 0 unspecified atom stereocenters. The number of rotatable bonds is 6. The fourth-order valence-electron chi connectivity index (χ4n) is 2.94. The number of nitrogens with zero attached hydrogens (tertiary/aromatic N) is 2. The monoisotopic (exact) mass is 437 g/mol. The van der Waals surface area contributed by atoms with Gasteiger partial charge in [-0.2, -0.15) is 0 Å². The number of carbonyl (C=O) groups excluding carboxylic acids is 1. The van der Waals surface area contributed by atoms with Crippen molar-refractivity contribution in [2.75, 3.05) is 0 Å². The summed E-state index contributed by atoms with van der Waals surface area (Å²) in [6, 6.07) is 13.5. The molecule has 0 aliphatic carbocycles. The molecule has 0 saturated carbocycles. The van der Waals surface area contributed by atoms with Crippen LogP contribution >= 0.6 is 23.1 Å². The van der Waals surface area contributed by atoms with Gasteiger partial charge >= 0.3 is 0 Å². The number of Topliss-reactive ketones (excluding diaryl/α,β-unsaturated/α-hetero) is 1. The van der Waals surface area contributed by atoms with Gasteiger partial charge in [-0.3, -0.25) is 20.3 Å². The first kappa shape index (κ1) is 20.0. The van der Waals surface area contributed by atoms with Gasteiger partial charge in [0.05, 0.1) is 14.9 Å². The zero-order valence-electron chi connectivity index (χ0n) is 15.5. The van der Waals surface area contributed by atoms with Crippen molar-refractivity contribution in [2.45, 2.75) is 12.5 Å². The molecular formula is C21H15N3O4S2. The molecule has 9 heteroatoms. The number of ketones is 1. The third-order valence-corrected chi connectivity index (χ3v) is 6.27. The van der Waals surface area contributed by atoms with Gasteiger partial charge in [0.1, 0.15) is 23.3 Å². The van der Waals surface area contributed by atoms with E-state index in [4.69, 9.17) is 10.1 Å². The summed E-state index contributed by atoms with van der Waals surface area (Å²) >= 11 is 2.51. The van der Waals surface area contributed by atoms with Gasteiger partial charge in [-0.15, -0.1) is 11.3 Å². The van der Waals surface area contributed by atoms with Crippen LogP contribution in [0.1, 0.15) is 22.1 Å². The van der Waals surface area contributed by atoms with Crippen LogP contribution in [0.3, 0.4) is 0 Å². The van der Waals surface area contributed by atoms with E-state index in [0.717, 1.165) is 22.9 Å². The number of non-ortho nitro benzene ring substituents is 1. The molecule has 4 rings (SSSR count). The highest BCUT2D eigenvalue weighted by atomic mass is 32.2. The van der Waals surface area contributed by atoms with Crippen molar-refractivity contribution in [3.63, 3.8) is 0 Å². The number of nitro benzene ring substituents is 1. The average molecular weight is 438 g/mol. The molecule has 7 nitrogen and oxygen atoms in total. The fraction of sp³-hybridized carbons (Fsp3) is 0.0952. The third kappa shape index (κ3) is 4.17. The lowest BCUT2D eigenvalue weighted by Gasteiger charge is -2.09. The number of aromatic nitrogens is 1. The van der Waals surface area contributed by atoms with Gasteiger partial charge in [0.2, 0.25) is 0 Å². The molecule has 3 aromatic rings. The Hall–Kier alpha value is -3.30. The molecule has 1 saturated heterocycles. The maximum atomic E-state index is 12.8. The minimum absolute atomic E-state index is 0.0258. The molecule has 2 heterocycles. The second kappa shape index (κ2) is 8.60. The van der Waals surface area contributed by atoms with Crippen molar-refractivity contribution >= 4 is 45.7 Å². The van der Waals surface area contributed by atoms with E-state index in [9.17, 15) is 14.9 Å². The van der Waals surface area contributed by atoms with Crippen molar-refractivity contribution in [3.05, 3.63) is 91.3 Å². The first-order valence-electron chi connectivity index (χ1n) is 8.89. The van der Waals surface area contributed by atoms with Crippen molar-refractivity contribution in [2.24, 2.45) is 0 Å². The average Bonchev–Trinajstić information content (AvgIpc) is 3.35. The number of hydrogen-bond donors (Lipinski definition) is 1. The van der Waals surface area contributed by atoms with E-state index in [-0.39, 0.29) is 23.1 Å². The number of benzene rings is 2. The minimum atomic E-state index is -0.630. The summed E-state index contributed by atoms with van der Waals surface area (Å²) < 4.78 is 5.90. The van der Waals surface area contributed by atoms with Gasteiger partial charge in [0.15, 0.2) is 5.78 Å². The lowest BCUT2D eigenvalue weighted by atomic mass is 10.0. The van der Waals surface area contributed by atoms with Gasteiger partial charge in [-0.1, -0.05) is 30.0 Å². The second-order valence-electron chi connectivity index (χ2n) is 6.39. The van der Waals surface area contributed by atoms with Crippen LogP contribution < -0.4 is 4.74 Å². The molecule has 0 radical (unpaired) electrons. The van der Waals surface area contributed by atoms with E-state index in [0.29, 0.717) is 15.7 Å². The Kier molecular flexibility index (Phi) is 5.73. The summed E-state index contributed by atoms with van der Waals surface area (Å²) in [4.78, 5) is 27.8. The Morgan fingerprint density at radius 2 is 1.97 bits per heavy atom. The van der Waals surface area contributed by atoms with Gasteiger partial charge in [-0.25, -0.2) is 4.98 Å². The number of nitrogens with one attached hydrogen (secondary N) is 1. The summed E-state index contributed by atoms with van der Waals surface area (Å²) in [7, 11) is 0. The number of ether oxygens (including phenoxy) is 1. The van der Waals surface area contributed by atoms with Crippen LogP contribution in [0, 0.1) is 15.5 Å². The second-order valence-corrected chi connectivity index (χ2v) is 8.40. The summed E-state index contributed by atoms with van der Waals surface area (Å²) in [6.45, 7) is 0.233. The Morgan fingerprint density at radius 1 is 1.20 bits per heavy atom. The molecule has 0 spiro atoms. The van der Waals surface area contributed by atoms with Gasteiger partial charge in [0.25, 0.3) is 5.69 Å². The lowest BCUT2D eigenvalue weighted by molar-refractivity contribution is -0.384. The maximum Gasteiger partial charge on any atom is 0.269 e. The molecule has 2 aromatic carbocycles. The van der Waals surface area contributed by atoms with E-state index in [1.54, 1.807) is 35.9 Å². The van der Waals surface area contributed by atoms with Gasteiger partial charge in [0, 0.05) is 29.3 Å². The van der Waals surface area contributed by atoms with Crippen molar-refractivity contribution < 1.29 is 14.5 Å². The Balaban J connectivity index is 1.53. The van der Waals surface area contributed by atoms with Crippen molar-refractivity contribution in [3.8, 4) is 5.75 Å². The van der Waals surface area contributed by atoms with Crippen LogP contribution in [0.2, 0.25) is 0 Å². The summed E-state index contributed by atoms with van der Waals surface area (Å²) in [6.07, 6.45) is 3.37. The summed E-state index contributed by atoms with van der Waals surface area (Å²) in [5.74, 6) is -0.180. The predicted molar refractivity (Wildman–Crippen MR) is 117 cm³/mol. The molecule has 150 valence electrons. The Labute approximate surface area is 180 Å². The smallest absolute Gasteiger partial charge is 0.269 e. The lowest BCUT2D eigenvalue weighted by Crippen LogP contribution is -2.11. The van der Waals surface area contributed by atoms with E-state index >= 15 is 0 Å². The number of carbonyl (C=O) groups is 1. The fourth-order valence-corrected chi connectivity index (χ4v) is 4.73. The number of thiazole rings is 1. The highest BCUT2D eigenvalue weighted by Gasteiger charge is 2.38.